The summed E-state index contributed by atoms with van der Waals surface area (Å²) < 4.78 is 0. The van der Waals surface area contributed by atoms with E-state index in [4.69, 9.17) is 5.84 Å². The third-order valence-corrected chi connectivity index (χ3v) is 4.07. The van der Waals surface area contributed by atoms with E-state index in [1.54, 1.807) is 0 Å². The molecule has 0 saturated carbocycles. The van der Waals surface area contributed by atoms with Gasteiger partial charge in [-0.1, -0.05) is 6.92 Å². The predicted molar refractivity (Wildman–Crippen MR) is 81.2 cm³/mol. The Labute approximate surface area is 121 Å². The molecule has 1 fully saturated rings. The summed E-state index contributed by atoms with van der Waals surface area (Å²) in [6.45, 7) is 8.50. The number of nitrogen functional groups attached to an aromatic ring is 1. The smallest absolute Gasteiger partial charge is 0.145 e. The van der Waals surface area contributed by atoms with Crippen molar-refractivity contribution in [1.29, 1.82) is 0 Å². The van der Waals surface area contributed by atoms with Crippen LogP contribution in [0, 0.1) is 6.92 Å². The Morgan fingerprint density at radius 3 is 2.70 bits per heavy atom. The van der Waals surface area contributed by atoms with Crippen LogP contribution >= 0.6 is 0 Å². The second-order valence-corrected chi connectivity index (χ2v) is 5.54. The fraction of sp³-hybridized carbons (Fsp3) is 0.714. The highest BCUT2D eigenvalue weighted by Gasteiger charge is 2.22. The fourth-order valence-corrected chi connectivity index (χ4v) is 2.80. The zero-order valence-electron chi connectivity index (χ0n) is 12.8. The van der Waals surface area contributed by atoms with Crippen molar-refractivity contribution in [3.05, 3.63) is 17.6 Å². The number of hydrogen-bond donors (Lipinski definition) is 2. The number of nitrogens with one attached hydrogen (secondary N) is 1. The lowest BCUT2D eigenvalue weighted by Gasteiger charge is -2.36. The molecule has 6 heteroatoms. The van der Waals surface area contributed by atoms with Crippen molar-refractivity contribution < 1.29 is 0 Å². The highest BCUT2D eigenvalue weighted by molar-refractivity contribution is 5.33. The van der Waals surface area contributed by atoms with Crippen molar-refractivity contribution in [2.75, 3.05) is 32.1 Å². The minimum atomic E-state index is 0.621. The Hall–Kier alpha value is -1.24. The first-order valence-electron chi connectivity index (χ1n) is 7.36. The van der Waals surface area contributed by atoms with E-state index in [-0.39, 0.29) is 0 Å². The van der Waals surface area contributed by atoms with Crippen LogP contribution < -0.4 is 11.3 Å². The first kappa shape index (κ1) is 15.2. The van der Waals surface area contributed by atoms with Crippen molar-refractivity contribution in [2.45, 2.75) is 39.3 Å². The maximum absolute atomic E-state index is 5.43. The number of nitrogens with two attached hydrogens (primary N) is 1. The number of likely N-dealkylation sites (tertiary alicyclic amines) is 1. The molecular weight excluding hydrogens is 252 g/mol. The molecule has 3 N–H and O–H groups in total. The van der Waals surface area contributed by atoms with Crippen molar-refractivity contribution in [2.24, 2.45) is 5.84 Å². The van der Waals surface area contributed by atoms with Crippen LogP contribution in [0.1, 0.15) is 31.3 Å². The molecule has 1 aromatic rings. The maximum atomic E-state index is 5.43. The molecule has 0 bridgehead atoms. The van der Waals surface area contributed by atoms with Gasteiger partial charge in [0.15, 0.2) is 0 Å². The molecule has 2 heterocycles. The number of hydrazine groups is 1. The third-order valence-electron chi connectivity index (χ3n) is 4.07. The molecule has 0 aliphatic carbocycles. The highest BCUT2D eigenvalue weighted by Crippen LogP contribution is 2.17. The van der Waals surface area contributed by atoms with Crippen molar-refractivity contribution in [3.63, 3.8) is 0 Å². The summed E-state index contributed by atoms with van der Waals surface area (Å²) in [6, 6.07) is 2.47. The average molecular weight is 278 g/mol. The second-order valence-electron chi connectivity index (χ2n) is 5.54. The molecule has 0 unspecified atom stereocenters. The van der Waals surface area contributed by atoms with Gasteiger partial charge in [0.05, 0.1) is 6.54 Å². The normalized spacial score (nSPS) is 17.6. The molecular formula is C14H26N6. The first-order chi connectivity index (χ1) is 9.62. The molecule has 0 aromatic carbocycles. The summed E-state index contributed by atoms with van der Waals surface area (Å²) in [4.78, 5) is 13.8. The van der Waals surface area contributed by atoms with Crippen LogP contribution in [0.2, 0.25) is 0 Å². The average Bonchev–Trinajstić information content (AvgIpc) is 2.46. The van der Waals surface area contributed by atoms with Crippen molar-refractivity contribution in [3.8, 4) is 0 Å². The monoisotopic (exact) mass is 278 g/mol. The lowest BCUT2D eigenvalue weighted by atomic mass is 10.0. The van der Waals surface area contributed by atoms with Gasteiger partial charge in [0.25, 0.3) is 0 Å². The number of aromatic nitrogens is 2. The molecule has 1 aliphatic rings. The van der Waals surface area contributed by atoms with Gasteiger partial charge in [-0.05, 0) is 46.4 Å². The standard InChI is InChI=1S/C14H26N6/c1-4-20-7-5-12(6-8-20)19(3)10-14-16-11(2)9-13(17-14)18-15/h9,12H,4-8,10,15H2,1-3H3,(H,16,17,18). The van der Waals surface area contributed by atoms with Crippen LogP contribution in [-0.2, 0) is 6.54 Å². The van der Waals surface area contributed by atoms with Crippen LogP contribution in [0.4, 0.5) is 5.82 Å². The summed E-state index contributed by atoms with van der Waals surface area (Å²) >= 11 is 0. The van der Waals surface area contributed by atoms with Gasteiger partial charge in [-0.15, -0.1) is 0 Å². The van der Waals surface area contributed by atoms with Crippen LogP contribution in [0.3, 0.4) is 0 Å². The molecule has 0 radical (unpaired) electrons. The number of nitrogens with zero attached hydrogens (tertiary/aromatic N) is 4. The third kappa shape index (κ3) is 3.88. The molecule has 1 aliphatic heterocycles. The fourth-order valence-electron chi connectivity index (χ4n) is 2.80. The highest BCUT2D eigenvalue weighted by atomic mass is 15.3. The minimum Gasteiger partial charge on any atom is -0.308 e. The Morgan fingerprint density at radius 2 is 2.10 bits per heavy atom. The van der Waals surface area contributed by atoms with Crippen molar-refractivity contribution >= 4 is 5.82 Å². The summed E-state index contributed by atoms with van der Waals surface area (Å²) in [7, 11) is 2.16. The van der Waals surface area contributed by atoms with Gasteiger partial charge in [0.1, 0.15) is 11.6 Å². The van der Waals surface area contributed by atoms with Gasteiger partial charge in [0, 0.05) is 17.8 Å². The summed E-state index contributed by atoms with van der Waals surface area (Å²) in [5.74, 6) is 6.95. The number of anilines is 1. The topological polar surface area (TPSA) is 70.3 Å². The number of hydrogen-bond acceptors (Lipinski definition) is 6. The van der Waals surface area contributed by atoms with E-state index >= 15 is 0 Å². The van der Waals surface area contributed by atoms with E-state index in [0.717, 1.165) is 24.6 Å². The van der Waals surface area contributed by atoms with E-state index in [0.29, 0.717) is 11.9 Å². The summed E-state index contributed by atoms with van der Waals surface area (Å²) in [5.41, 5.74) is 3.54. The van der Waals surface area contributed by atoms with Crippen LogP contribution in [0.15, 0.2) is 6.07 Å². The summed E-state index contributed by atoms with van der Waals surface area (Å²) in [6.07, 6.45) is 2.44. The van der Waals surface area contributed by atoms with E-state index < -0.39 is 0 Å². The zero-order valence-corrected chi connectivity index (χ0v) is 12.8. The Morgan fingerprint density at radius 1 is 1.40 bits per heavy atom. The van der Waals surface area contributed by atoms with Gasteiger partial charge < -0.3 is 10.3 Å². The van der Waals surface area contributed by atoms with E-state index in [1.165, 1.54) is 25.9 Å². The zero-order chi connectivity index (χ0) is 14.5. The molecule has 0 atom stereocenters. The van der Waals surface area contributed by atoms with Crippen LogP contribution in [0.25, 0.3) is 0 Å². The molecule has 0 amide bonds. The Balaban J connectivity index is 1.94. The maximum Gasteiger partial charge on any atom is 0.145 e. The lowest BCUT2D eigenvalue weighted by molar-refractivity contribution is 0.125. The number of rotatable bonds is 5. The van der Waals surface area contributed by atoms with E-state index in [9.17, 15) is 0 Å². The SMILES string of the molecule is CCN1CCC(N(C)Cc2nc(C)cc(NN)n2)CC1. The predicted octanol–water partition coefficient (Wildman–Crippen LogP) is 0.987. The quantitative estimate of drug-likeness (QED) is 0.618. The number of aryl methyl sites for hydroxylation is 1. The lowest BCUT2D eigenvalue weighted by Crippen LogP contribution is -2.43. The van der Waals surface area contributed by atoms with E-state index in [2.05, 4.69) is 39.2 Å². The summed E-state index contributed by atoms with van der Waals surface area (Å²) in [5, 5.41) is 0. The Bertz CT molecular complexity index is 428. The molecule has 6 nitrogen and oxygen atoms in total. The Kier molecular flexibility index (Phi) is 5.28. The van der Waals surface area contributed by atoms with Gasteiger partial charge in [-0.3, -0.25) is 4.90 Å². The second kappa shape index (κ2) is 6.97. The number of piperidine rings is 1. The van der Waals surface area contributed by atoms with Crippen LogP contribution in [0.5, 0.6) is 0 Å². The first-order valence-corrected chi connectivity index (χ1v) is 7.36. The largest absolute Gasteiger partial charge is 0.308 e. The minimum absolute atomic E-state index is 0.621. The molecule has 2 rings (SSSR count). The van der Waals surface area contributed by atoms with Gasteiger partial charge in [0.2, 0.25) is 0 Å². The molecule has 1 aromatic heterocycles. The molecule has 0 spiro atoms. The van der Waals surface area contributed by atoms with Crippen molar-refractivity contribution in [1.82, 2.24) is 19.8 Å². The van der Waals surface area contributed by atoms with E-state index in [1.807, 2.05) is 13.0 Å². The van der Waals surface area contributed by atoms with Crippen LogP contribution in [-0.4, -0.2) is 52.5 Å². The molecule has 1 saturated heterocycles. The van der Waals surface area contributed by atoms with Gasteiger partial charge in [-0.25, -0.2) is 15.8 Å². The molecule has 20 heavy (non-hydrogen) atoms. The van der Waals surface area contributed by atoms with Gasteiger partial charge >= 0.3 is 0 Å². The molecule has 112 valence electrons. The van der Waals surface area contributed by atoms with Gasteiger partial charge in [-0.2, -0.15) is 0 Å².